The van der Waals surface area contributed by atoms with Gasteiger partial charge in [-0.1, -0.05) is 6.07 Å². The Hall–Kier alpha value is -2.44. The first-order chi connectivity index (χ1) is 9.81. The number of nitrogens with two attached hydrogens (primary N) is 1. The van der Waals surface area contributed by atoms with Crippen molar-refractivity contribution in [3.05, 3.63) is 41.6 Å². The summed E-state index contributed by atoms with van der Waals surface area (Å²) in [6, 6.07) is 6.94. The molecule has 0 atom stereocenters. The predicted molar refractivity (Wildman–Crippen MR) is 74.7 cm³/mol. The van der Waals surface area contributed by atoms with Crippen LogP contribution in [0.2, 0.25) is 0 Å². The number of alkyl halides is 3. The number of benzene rings is 1. The van der Waals surface area contributed by atoms with Gasteiger partial charge < -0.3 is 15.8 Å². The number of halogens is 3. The zero-order valence-electron chi connectivity index (χ0n) is 11.5. The molecular formula is C14H14F3N3O. The van der Waals surface area contributed by atoms with Crippen molar-refractivity contribution in [2.24, 2.45) is 0 Å². The van der Waals surface area contributed by atoms with E-state index < -0.39 is 11.9 Å². The first-order valence-electron chi connectivity index (χ1n) is 6.06. The summed E-state index contributed by atoms with van der Waals surface area (Å²) >= 11 is 0. The van der Waals surface area contributed by atoms with Crippen molar-refractivity contribution < 1.29 is 17.9 Å². The number of nitrogen functional groups attached to an aromatic ring is 1. The lowest BCUT2D eigenvalue weighted by atomic mass is 10.1. The second kappa shape index (κ2) is 5.51. The van der Waals surface area contributed by atoms with E-state index >= 15 is 0 Å². The Morgan fingerprint density at radius 1 is 1.24 bits per heavy atom. The molecule has 112 valence electrons. The van der Waals surface area contributed by atoms with Crippen LogP contribution in [0, 0.1) is 6.92 Å². The van der Waals surface area contributed by atoms with Crippen LogP contribution in [-0.2, 0) is 6.18 Å². The number of pyridine rings is 1. The van der Waals surface area contributed by atoms with Crippen LogP contribution in [0.3, 0.4) is 0 Å². The molecule has 0 fully saturated rings. The molecule has 0 aliphatic heterocycles. The average molecular weight is 297 g/mol. The minimum Gasteiger partial charge on any atom is -0.497 e. The van der Waals surface area contributed by atoms with Crippen LogP contribution in [-0.4, -0.2) is 12.1 Å². The summed E-state index contributed by atoms with van der Waals surface area (Å²) in [5, 5.41) is 2.83. The third-order valence-electron chi connectivity index (χ3n) is 2.96. The number of ether oxygens (including phenoxy) is 1. The van der Waals surface area contributed by atoms with Gasteiger partial charge in [0.25, 0.3) is 0 Å². The molecule has 0 aliphatic rings. The minimum atomic E-state index is -4.49. The highest BCUT2D eigenvalue weighted by Crippen LogP contribution is 2.32. The lowest BCUT2D eigenvalue weighted by molar-refractivity contribution is -0.141. The van der Waals surface area contributed by atoms with Crippen molar-refractivity contribution >= 4 is 17.2 Å². The van der Waals surface area contributed by atoms with E-state index in [9.17, 15) is 13.2 Å². The quantitative estimate of drug-likeness (QED) is 0.847. The van der Waals surface area contributed by atoms with Crippen molar-refractivity contribution in [3.63, 3.8) is 0 Å². The smallest absolute Gasteiger partial charge is 0.433 e. The molecule has 0 bridgehead atoms. The van der Waals surface area contributed by atoms with Crippen molar-refractivity contribution in [1.29, 1.82) is 0 Å². The van der Waals surface area contributed by atoms with Crippen LogP contribution < -0.4 is 15.8 Å². The van der Waals surface area contributed by atoms with Gasteiger partial charge in [0.1, 0.15) is 17.3 Å². The van der Waals surface area contributed by atoms with Crippen molar-refractivity contribution in [1.82, 2.24) is 4.98 Å². The summed E-state index contributed by atoms with van der Waals surface area (Å²) in [7, 11) is 1.48. The summed E-state index contributed by atoms with van der Waals surface area (Å²) in [5.41, 5.74) is 6.59. The standard InChI is InChI=1S/C14H14F3N3O/c1-8-10(18)6-9(21-2)7-11(8)19-13-5-3-4-12(20-13)14(15,16)17/h3-7H,18H2,1-2H3,(H,19,20). The molecule has 0 saturated heterocycles. The fraction of sp³-hybridized carbons (Fsp3) is 0.214. The fourth-order valence-electron chi connectivity index (χ4n) is 1.76. The Bertz CT molecular complexity index is 656. The van der Waals surface area contributed by atoms with Crippen molar-refractivity contribution in [3.8, 4) is 5.75 Å². The molecule has 4 nitrogen and oxygen atoms in total. The number of hydrogen-bond acceptors (Lipinski definition) is 4. The molecule has 0 amide bonds. The molecule has 1 aromatic heterocycles. The number of anilines is 3. The highest BCUT2D eigenvalue weighted by Gasteiger charge is 2.32. The Labute approximate surface area is 119 Å². The molecule has 2 rings (SSSR count). The van der Waals surface area contributed by atoms with Crippen LogP contribution in [0.25, 0.3) is 0 Å². The van der Waals surface area contributed by atoms with Gasteiger partial charge in [-0.05, 0) is 24.6 Å². The van der Waals surface area contributed by atoms with E-state index in [1.165, 1.54) is 19.2 Å². The van der Waals surface area contributed by atoms with Crippen LogP contribution in [0.5, 0.6) is 5.75 Å². The zero-order valence-corrected chi connectivity index (χ0v) is 11.5. The molecule has 21 heavy (non-hydrogen) atoms. The third-order valence-corrected chi connectivity index (χ3v) is 2.96. The molecule has 0 saturated carbocycles. The maximum Gasteiger partial charge on any atom is 0.433 e. The number of rotatable bonds is 3. The SMILES string of the molecule is COc1cc(N)c(C)c(Nc2cccc(C(F)(F)F)n2)c1. The van der Waals surface area contributed by atoms with Gasteiger partial charge in [0, 0.05) is 23.5 Å². The Kier molecular flexibility index (Phi) is 3.93. The summed E-state index contributed by atoms with van der Waals surface area (Å²) in [6.45, 7) is 1.75. The van der Waals surface area contributed by atoms with Gasteiger partial charge in [-0.15, -0.1) is 0 Å². The molecule has 0 spiro atoms. The Balaban J connectivity index is 2.36. The molecule has 0 unspecified atom stereocenters. The molecule has 3 N–H and O–H groups in total. The summed E-state index contributed by atoms with van der Waals surface area (Å²) in [6.07, 6.45) is -4.49. The highest BCUT2D eigenvalue weighted by atomic mass is 19.4. The van der Waals surface area contributed by atoms with Gasteiger partial charge in [-0.25, -0.2) is 4.98 Å². The van der Waals surface area contributed by atoms with Crippen LogP contribution in [0.1, 0.15) is 11.3 Å². The van der Waals surface area contributed by atoms with Crippen molar-refractivity contribution in [2.45, 2.75) is 13.1 Å². The Morgan fingerprint density at radius 2 is 1.95 bits per heavy atom. The average Bonchev–Trinajstić information content (AvgIpc) is 2.43. The molecular weight excluding hydrogens is 283 g/mol. The lowest BCUT2D eigenvalue weighted by Gasteiger charge is -2.14. The second-order valence-electron chi connectivity index (χ2n) is 4.42. The molecule has 1 heterocycles. The van der Waals surface area contributed by atoms with E-state index in [0.717, 1.165) is 6.07 Å². The molecule has 7 heteroatoms. The number of aromatic nitrogens is 1. The fourth-order valence-corrected chi connectivity index (χ4v) is 1.76. The zero-order chi connectivity index (χ0) is 15.6. The predicted octanol–water partition coefficient (Wildman–Crippen LogP) is 3.74. The van der Waals surface area contributed by atoms with E-state index in [4.69, 9.17) is 10.5 Å². The number of hydrogen-bond donors (Lipinski definition) is 2. The van der Waals surface area contributed by atoms with E-state index in [0.29, 0.717) is 22.7 Å². The largest absolute Gasteiger partial charge is 0.497 e. The highest BCUT2D eigenvalue weighted by molar-refractivity contribution is 5.70. The molecule has 0 radical (unpaired) electrons. The first kappa shape index (κ1) is 15.0. The maximum absolute atomic E-state index is 12.6. The molecule has 2 aromatic rings. The topological polar surface area (TPSA) is 60.2 Å². The third kappa shape index (κ3) is 3.36. The second-order valence-corrected chi connectivity index (χ2v) is 4.42. The summed E-state index contributed by atoms with van der Waals surface area (Å²) in [4.78, 5) is 3.55. The first-order valence-corrected chi connectivity index (χ1v) is 6.06. The number of nitrogens with one attached hydrogen (secondary N) is 1. The van der Waals surface area contributed by atoms with Gasteiger partial charge >= 0.3 is 6.18 Å². The van der Waals surface area contributed by atoms with Gasteiger partial charge in [0.2, 0.25) is 0 Å². The Morgan fingerprint density at radius 3 is 2.57 bits per heavy atom. The van der Waals surface area contributed by atoms with Gasteiger partial charge in [0.15, 0.2) is 0 Å². The van der Waals surface area contributed by atoms with Gasteiger partial charge in [-0.2, -0.15) is 13.2 Å². The monoisotopic (exact) mass is 297 g/mol. The molecule has 0 aliphatic carbocycles. The number of nitrogens with zero attached hydrogens (tertiary/aromatic N) is 1. The van der Waals surface area contributed by atoms with Gasteiger partial charge in [-0.3, -0.25) is 0 Å². The van der Waals surface area contributed by atoms with Gasteiger partial charge in [0.05, 0.1) is 7.11 Å². The summed E-state index contributed by atoms with van der Waals surface area (Å²) in [5.74, 6) is 0.591. The van der Waals surface area contributed by atoms with Crippen LogP contribution in [0.4, 0.5) is 30.4 Å². The van der Waals surface area contributed by atoms with E-state index in [1.807, 2.05) is 0 Å². The van der Waals surface area contributed by atoms with Crippen molar-refractivity contribution in [2.75, 3.05) is 18.2 Å². The van der Waals surface area contributed by atoms with E-state index in [1.54, 1.807) is 19.1 Å². The van der Waals surface area contributed by atoms with E-state index in [2.05, 4.69) is 10.3 Å². The lowest BCUT2D eigenvalue weighted by Crippen LogP contribution is -2.09. The number of methoxy groups -OCH3 is 1. The minimum absolute atomic E-state index is 0.0839. The maximum atomic E-state index is 12.6. The van der Waals surface area contributed by atoms with E-state index in [-0.39, 0.29) is 5.82 Å². The normalized spacial score (nSPS) is 11.3. The van der Waals surface area contributed by atoms with Crippen LogP contribution in [0.15, 0.2) is 30.3 Å². The van der Waals surface area contributed by atoms with Crippen LogP contribution >= 0.6 is 0 Å². The summed E-state index contributed by atoms with van der Waals surface area (Å²) < 4.78 is 43.0. The molecule has 1 aromatic carbocycles.